The van der Waals surface area contributed by atoms with Crippen molar-refractivity contribution in [3.8, 4) is 0 Å². The third kappa shape index (κ3) is 2.90. The molecule has 3 rings (SSSR count). The number of rotatable bonds is 5. The van der Waals surface area contributed by atoms with Gasteiger partial charge in [0.1, 0.15) is 0 Å². The van der Waals surface area contributed by atoms with E-state index >= 15 is 0 Å². The highest BCUT2D eigenvalue weighted by Gasteiger charge is 2.28. The molecule has 100 valence electrons. The van der Waals surface area contributed by atoms with Crippen LogP contribution in [0.5, 0.6) is 0 Å². The molecule has 2 heteroatoms. The van der Waals surface area contributed by atoms with Gasteiger partial charge in [0, 0.05) is 24.3 Å². The number of nitrogens with one attached hydrogen (secondary N) is 1. The molecule has 0 amide bonds. The summed E-state index contributed by atoms with van der Waals surface area (Å²) in [5.41, 5.74) is 1.22. The summed E-state index contributed by atoms with van der Waals surface area (Å²) in [4.78, 5) is 2.49. The van der Waals surface area contributed by atoms with E-state index in [4.69, 9.17) is 0 Å². The first-order valence-corrected chi connectivity index (χ1v) is 7.18. The maximum absolute atomic E-state index is 3.56. The molecule has 0 spiro atoms. The summed E-state index contributed by atoms with van der Waals surface area (Å²) in [6, 6.07) is 16.5. The van der Waals surface area contributed by atoms with Gasteiger partial charge in [-0.15, -0.1) is 0 Å². The molecule has 0 heterocycles. The Hall–Kier alpha value is -1.54. The first-order chi connectivity index (χ1) is 9.24. The Morgan fingerprint density at radius 3 is 2.63 bits per heavy atom. The minimum atomic E-state index is 0.582. The zero-order valence-electron chi connectivity index (χ0n) is 11.8. The summed E-state index contributed by atoms with van der Waals surface area (Å²) in [6.45, 7) is 3.30. The van der Waals surface area contributed by atoms with Crippen LogP contribution in [-0.2, 0) is 0 Å². The number of benzene rings is 2. The quantitative estimate of drug-likeness (QED) is 0.874. The summed E-state index contributed by atoms with van der Waals surface area (Å²) >= 11 is 0. The van der Waals surface area contributed by atoms with Crippen LogP contribution in [0.25, 0.3) is 10.8 Å². The smallest absolute Gasteiger partial charge is 0.0347 e. The van der Waals surface area contributed by atoms with Gasteiger partial charge in [-0.1, -0.05) is 30.3 Å². The molecule has 0 aliphatic heterocycles. The fraction of sp³-hybridized carbons (Fsp3) is 0.412. The van der Waals surface area contributed by atoms with E-state index in [1.807, 2.05) is 0 Å². The predicted octanol–water partition coefficient (Wildman–Crippen LogP) is 3.73. The van der Waals surface area contributed by atoms with E-state index in [9.17, 15) is 0 Å². The van der Waals surface area contributed by atoms with Crippen LogP contribution in [0.1, 0.15) is 19.8 Å². The molecule has 1 fully saturated rings. The van der Waals surface area contributed by atoms with Gasteiger partial charge in [-0.05, 0) is 49.7 Å². The molecule has 1 aliphatic rings. The molecular formula is C17H22N2. The first-order valence-electron chi connectivity index (χ1n) is 7.18. The van der Waals surface area contributed by atoms with Gasteiger partial charge in [0.2, 0.25) is 0 Å². The molecule has 0 aromatic heterocycles. The summed E-state index contributed by atoms with van der Waals surface area (Å²) in [7, 11) is 2.24. The Labute approximate surface area is 115 Å². The Morgan fingerprint density at radius 2 is 1.89 bits per heavy atom. The van der Waals surface area contributed by atoms with Gasteiger partial charge >= 0.3 is 0 Å². The number of hydrogen-bond acceptors (Lipinski definition) is 2. The Bertz CT molecular complexity index is 560. The normalized spacial score (nSPS) is 16.8. The van der Waals surface area contributed by atoms with Gasteiger partial charge in [0.05, 0.1) is 0 Å². The molecule has 2 aromatic carbocycles. The minimum Gasteiger partial charge on any atom is -0.383 e. The first kappa shape index (κ1) is 12.5. The summed E-state index contributed by atoms with van der Waals surface area (Å²) < 4.78 is 0. The van der Waals surface area contributed by atoms with Crippen molar-refractivity contribution in [3.05, 3.63) is 42.5 Å². The standard InChI is InChI=1S/C17H22N2/c1-13(19(2)17-9-10-17)12-18-16-8-7-14-5-3-4-6-15(14)11-16/h3-8,11,13,17-18H,9-10,12H2,1-2H3. The summed E-state index contributed by atoms with van der Waals surface area (Å²) in [6.07, 6.45) is 2.74. The zero-order valence-corrected chi connectivity index (χ0v) is 11.8. The number of anilines is 1. The summed E-state index contributed by atoms with van der Waals surface area (Å²) in [5.74, 6) is 0. The highest BCUT2D eigenvalue weighted by atomic mass is 15.2. The fourth-order valence-corrected chi connectivity index (χ4v) is 2.55. The second-order valence-electron chi connectivity index (χ2n) is 5.69. The van der Waals surface area contributed by atoms with E-state index in [0.29, 0.717) is 6.04 Å². The lowest BCUT2D eigenvalue weighted by molar-refractivity contribution is 0.257. The largest absolute Gasteiger partial charge is 0.383 e. The Balaban J connectivity index is 1.64. The van der Waals surface area contributed by atoms with Crippen LogP contribution in [0, 0.1) is 0 Å². The number of fused-ring (bicyclic) bond motifs is 1. The molecule has 1 N–H and O–H groups in total. The van der Waals surface area contributed by atoms with Crippen molar-refractivity contribution < 1.29 is 0 Å². The average Bonchev–Trinajstić information content (AvgIpc) is 3.28. The maximum Gasteiger partial charge on any atom is 0.0347 e. The lowest BCUT2D eigenvalue weighted by atomic mass is 10.1. The van der Waals surface area contributed by atoms with Crippen LogP contribution < -0.4 is 5.32 Å². The molecule has 1 aliphatic carbocycles. The molecule has 1 unspecified atom stereocenters. The van der Waals surface area contributed by atoms with E-state index in [-0.39, 0.29) is 0 Å². The van der Waals surface area contributed by atoms with E-state index in [2.05, 4.69) is 66.7 Å². The van der Waals surface area contributed by atoms with Crippen LogP contribution in [0.15, 0.2) is 42.5 Å². The molecule has 0 bridgehead atoms. The van der Waals surface area contributed by atoms with Crippen LogP contribution in [0.3, 0.4) is 0 Å². The topological polar surface area (TPSA) is 15.3 Å². The maximum atomic E-state index is 3.56. The second kappa shape index (κ2) is 5.22. The molecule has 0 radical (unpaired) electrons. The fourth-order valence-electron chi connectivity index (χ4n) is 2.55. The Morgan fingerprint density at radius 1 is 1.16 bits per heavy atom. The van der Waals surface area contributed by atoms with Crippen molar-refractivity contribution in [2.24, 2.45) is 0 Å². The van der Waals surface area contributed by atoms with Crippen LogP contribution in [0.2, 0.25) is 0 Å². The van der Waals surface area contributed by atoms with Crippen LogP contribution in [-0.4, -0.2) is 30.6 Å². The van der Waals surface area contributed by atoms with Crippen molar-refractivity contribution in [1.29, 1.82) is 0 Å². The number of nitrogens with zero attached hydrogens (tertiary/aromatic N) is 1. The predicted molar refractivity (Wildman–Crippen MR) is 82.7 cm³/mol. The molecule has 2 aromatic rings. The van der Waals surface area contributed by atoms with E-state index in [1.54, 1.807) is 0 Å². The van der Waals surface area contributed by atoms with Gasteiger partial charge in [-0.2, -0.15) is 0 Å². The van der Waals surface area contributed by atoms with Crippen LogP contribution >= 0.6 is 0 Å². The van der Waals surface area contributed by atoms with Crippen molar-refractivity contribution in [2.45, 2.75) is 31.8 Å². The lowest BCUT2D eigenvalue weighted by Crippen LogP contribution is -2.36. The van der Waals surface area contributed by atoms with Crippen molar-refractivity contribution in [1.82, 2.24) is 4.90 Å². The third-order valence-corrected chi connectivity index (χ3v) is 4.17. The third-order valence-electron chi connectivity index (χ3n) is 4.17. The van der Waals surface area contributed by atoms with Crippen LogP contribution in [0.4, 0.5) is 5.69 Å². The van der Waals surface area contributed by atoms with Gasteiger partial charge < -0.3 is 5.32 Å². The molecular weight excluding hydrogens is 232 g/mol. The second-order valence-corrected chi connectivity index (χ2v) is 5.69. The Kier molecular flexibility index (Phi) is 3.43. The number of likely N-dealkylation sites (N-methyl/N-ethyl adjacent to an activating group) is 1. The zero-order chi connectivity index (χ0) is 13.2. The van der Waals surface area contributed by atoms with Crippen molar-refractivity contribution >= 4 is 16.5 Å². The van der Waals surface area contributed by atoms with E-state index in [0.717, 1.165) is 12.6 Å². The van der Waals surface area contributed by atoms with Gasteiger partial charge in [-0.25, -0.2) is 0 Å². The van der Waals surface area contributed by atoms with Gasteiger partial charge in [0.15, 0.2) is 0 Å². The SMILES string of the molecule is CC(CNc1ccc2ccccc2c1)N(C)C1CC1. The molecule has 1 atom stereocenters. The van der Waals surface area contributed by atoms with E-state index in [1.165, 1.54) is 29.3 Å². The monoisotopic (exact) mass is 254 g/mol. The molecule has 2 nitrogen and oxygen atoms in total. The average molecular weight is 254 g/mol. The van der Waals surface area contributed by atoms with Crippen molar-refractivity contribution in [2.75, 3.05) is 18.9 Å². The molecule has 19 heavy (non-hydrogen) atoms. The van der Waals surface area contributed by atoms with E-state index < -0.39 is 0 Å². The van der Waals surface area contributed by atoms with Gasteiger partial charge in [-0.3, -0.25) is 4.90 Å². The minimum absolute atomic E-state index is 0.582. The lowest BCUT2D eigenvalue weighted by Gasteiger charge is -2.25. The highest BCUT2D eigenvalue weighted by molar-refractivity contribution is 5.85. The number of hydrogen-bond donors (Lipinski definition) is 1. The van der Waals surface area contributed by atoms with Crippen molar-refractivity contribution in [3.63, 3.8) is 0 Å². The van der Waals surface area contributed by atoms with Gasteiger partial charge in [0.25, 0.3) is 0 Å². The molecule has 1 saturated carbocycles. The summed E-state index contributed by atoms with van der Waals surface area (Å²) in [5, 5.41) is 6.16. The molecule has 0 saturated heterocycles. The highest BCUT2D eigenvalue weighted by Crippen LogP contribution is 2.27.